The van der Waals surface area contributed by atoms with Gasteiger partial charge in [0.25, 0.3) is 0 Å². The number of piperidine rings is 1. The maximum atomic E-state index is 5.43. The van der Waals surface area contributed by atoms with Crippen molar-refractivity contribution in [3.05, 3.63) is 43.0 Å². The van der Waals surface area contributed by atoms with Crippen LogP contribution in [-0.2, 0) is 4.74 Å². The number of H-pyrrole nitrogens is 1. The zero-order chi connectivity index (χ0) is 16.4. The van der Waals surface area contributed by atoms with E-state index in [4.69, 9.17) is 9.72 Å². The summed E-state index contributed by atoms with van der Waals surface area (Å²) in [5.74, 6) is 1.63. The maximum absolute atomic E-state index is 5.43. The molecule has 3 aromatic rings. The van der Waals surface area contributed by atoms with Gasteiger partial charge in [0.2, 0.25) is 5.95 Å². The molecule has 0 bridgehead atoms. The molecule has 0 radical (unpaired) electrons. The fourth-order valence-corrected chi connectivity index (χ4v) is 3.12. The molecular formula is C17H20N6O. The normalized spacial score (nSPS) is 15.8. The van der Waals surface area contributed by atoms with E-state index in [1.165, 1.54) is 0 Å². The summed E-state index contributed by atoms with van der Waals surface area (Å²) in [5.41, 5.74) is 2.08. The van der Waals surface area contributed by atoms with Gasteiger partial charge in [0.1, 0.15) is 5.82 Å². The van der Waals surface area contributed by atoms with Crippen molar-refractivity contribution in [2.24, 2.45) is 0 Å². The van der Waals surface area contributed by atoms with Crippen molar-refractivity contribution in [1.82, 2.24) is 24.7 Å². The third-order valence-corrected chi connectivity index (χ3v) is 4.48. The number of aromatic amines is 1. The summed E-state index contributed by atoms with van der Waals surface area (Å²) < 4.78 is 7.49. The molecule has 4 rings (SSSR count). The van der Waals surface area contributed by atoms with Crippen molar-refractivity contribution in [2.45, 2.75) is 18.9 Å². The zero-order valence-electron chi connectivity index (χ0n) is 13.6. The van der Waals surface area contributed by atoms with Gasteiger partial charge < -0.3 is 14.2 Å². The molecule has 1 N–H and O–H groups in total. The number of aromatic nitrogens is 5. The second-order valence-electron chi connectivity index (χ2n) is 5.89. The van der Waals surface area contributed by atoms with Gasteiger partial charge in [0.15, 0.2) is 0 Å². The number of methoxy groups -OCH3 is 1. The highest BCUT2D eigenvalue weighted by atomic mass is 16.5. The van der Waals surface area contributed by atoms with Gasteiger partial charge in [-0.05, 0) is 31.0 Å². The average molecular weight is 324 g/mol. The Hall–Kier alpha value is -2.67. The number of rotatable bonds is 4. The molecule has 0 aromatic carbocycles. The van der Waals surface area contributed by atoms with Gasteiger partial charge in [-0.2, -0.15) is 10.1 Å². The summed E-state index contributed by atoms with van der Waals surface area (Å²) >= 11 is 0. The highest BCUT2D eigenvalue weighted by Crippen LogP contribution is 2.23. The van der Waals surface area contributed by atoms with E-state index >= 15 is 0 Å². The monoisotopic (exact) mass is 324 g/mol. The van der Waals surface area contributed by atoms with Crippen LogP contribution in [0.4, 0.5) is 5.95 Å². The lowest BCUT2D eigenvalue weighted by molar-refractivity contribution is 0.0816. The minimum atomic E-state index is 0.349. The summed E-state index contributed by atoms with van der Waals surface area (Å²) in [5, 5.41) is 6.88. The van der Waals surface area contributed by atoms with Crippen molar-refractivity contribution in [1.29, 1.82) is 0 Å². The summed E-state index contributed by atoms with van der Waals surface area (Å²) in [4.78, 5) is 11.4. The van der Waals surface area contributed by atoms with E-state index in [2.05, 4.69) is 30.7 Å². The Balaban J connectivity index is 1.61. The van der Waals surface area contributed by atoms with Crippen LogP contribution < -0.4 is 4.90 Å². The smallest absolute Gasteiger partial charge is 0.227 e. The molecule has 24 heavy (non-hydrogen) atoms. The first-order chi connectivity index (χ1) is 11.8. The van der Waals surface area contributed by atoms with Crippen molar-refractivity contribution in [3.8, 4) is 17.1 Å². The minimum absolute atomic E-state index is 0.349. The van der Waals surface area contributed by atoms with Crippen LogP contribution in [0.1, 0.15) is 12.8 Å². The molecule has 1 aliphatic heterocycles. The van der Waals surface area contributed by atoms with E-state index < -0.39 is 0 Å². The molecular weight excluding hydrogens is 304 g/mol. The largest absolute Gasteiger partial charge is 0.381 e. The van der Waals surface area contributed by atoms with Crippen molar-refractivity contribution in [2.75, 3.05) is 25.1 Å². The van der Waals surface area contributed by atoms with Crippen molar-refractivity contribution < 1.29 is 4.74 Å². The van der Waals surface area contributed by atoms with Gasteiger partial charge in [0, 0.05) is 44.4 Å². The Morgan fingerprint density at radius 1 is 1.25 bits per heavy atom. The number of anilines is 1. The molecule has 1 saturated heterocycles. The Morgan fingerprint density at radius 3 is 2.88 bits per heavy atom. The van der Waals surface area contributed by atoms with E-state index in [1.807, 2.05) is 36.9 Å². The molecule has 0 unspecified atom stereocenters. The van der Waals surface area contributed by atoms with Crippen LogP contribution in [0.5, 0.6) is 0 Å². The quantitative estimate of drug-likeness (QED) is 0.797. The van der Waals surface area contributed by atoms with E-state index in [0.29, 0.717) is 6.10 Å². The van der Waals surface area contributed by atoms with E-state index in [1.54, 1.807) is 7.11 Å². The average Bonchev–Trinajstić information content (AvgIpc) is 3.33. The number of ether oxygens (including phenoxy) is 1. The molecule has 4 heterocycles. The van der Waals surface area contributed by atoms with Crippen LogP contribution in [-0.4, -0.2) is 51.0 Å². The molecule has 0 saturated carbocycles. The molecule has 7 nitrogen and oxygen atoms in total. The lowest BCUT2D eigenvalue weighted by atomic mass is 10.1. The predicted octanol–water partition coefficient (Wildman–Crippen LogP) is 2.27. The SMILES string of the molecule is COC1CCN(c2nccc(-n3cccc3-c3cn[nH]c3)n2)CC1. The first-order valence-electron chi connectivity index (χ1n) is 8.13. The number of hydrogen-bond donors (Lipinski definition) is 1. The second-order valence-corrected chi connectivity index (χ2v) is 5.89. The first-order valence-corrected chi connectivity index (χ1v) is 8.13. The van der Waals surface area contributed by atoms with Gasteiger partial charge in [-0.1, -0.05) is 0 Å². The molecule has 0 atom stereocenters. The van der Waals surface area contributed by atoms with Crippen LogP contribution in [0.25, 0.3) is 17.1 Å². The maximum Gasteiger partial charge on any atom is 0.227 e. The fourth-order valence-electron chi connectivity index (χ4n) is 3.12. The lowest BCUT2D eigenvalue weighted by Crippen LogP contribution is -2.37. The van der Waals surface area contributed by atoms with Gasteiger partial charge in [-0.3, -0.25) is 5.10 Å². The van der Waals surface area contributed by atoms with Crippen LogP contribution in [0.3, 0.4) is 0 Å². The number of nitrogens with one attached hydrogen (secondary N) is 1. The molecule has 3 aromatic heterocycles. The van der Waals surface area contributed by atoms with Gasteiger partial charge in [-0.15, -0.1) is 0 Å². The third kappa shape index (κ3) is 2.78. The molecule has 7 heteroatoms. The second kappa shape index (κ2) is 6.45. The third-order valence-electron chi connectivity index (χ3n) is 4.48. The van der Waals surface area contributed by atoms with Crippen molar-refractivity contribution in [3.63, 3.8) is 0 Å². The summed E-state index contributed by atoms with van der Waals surface area (Å²) in [6.07, 6.45) is 9.88. The highest BCUT2D eigenvalue weighted by molar-refractivity contribution is 5.60. The summed E-state index contributed by atoms with van der Waals surface area (Å²) in [7, 11) is 1.78. The first kappa shape index (κ1) is 14.9. The van der Waals surface area contributed by atoms with Crippen LogP contribution in [0.15, 0.2) is 43.0 Å². The number of nitrogens with zero attached hydrogens (tertiary/aromatic N) is 5. The molecule has 1 fully saturated rings. The zero-order valence-corrected chi connectivity index (χ0v) is 13.6. The molecule has 0 amide bonds. The van der Waals surface area contributed by atoms with E-state index in [0.717, 1.165) is 49.0 Å². The Bertz CT molecular complexity index is 789. The van der Waals surface area contributed by atoms with Crippen LogP contribution in [0.2, 0.25) is 0 Å². The van der Waals surface area contributed by atoms with Gasteiger partial charge in [0.05, 0.1) is 18.0 Å². The van der Waals surface area contributed by atoms with Gasteiger partial charge >= 0.3 is 0 Å². The molecule has 0 aliphatic carbocycles. The standard InChI is InChI=1S/C17H20N6O/c1-24-14-5-9-22(10-6-14)17-18-7-4-16(21-17)23-8-2-3-15(23)13-11-19-20-12-13/h2-4,7-8,11-12,14H,5-6,9-10H2,1H3,(H,19,20). The Morgan fingerprint density at radius 2 is 2.12 bits per heavy atom. The van der Waals surface area contributed by atoms with E-state index in [9.17, 15) is 0 Å². The fraction of sp³-hybridized carbons (Fsp3) is 0.353. The van der Waals surface area contributed by atoms with E-state index in [-0.39, 0.29) is 0 Å². The lowest BCUT2D eigenvalue weighted by Gasteiger charge is -2.31. The van der Waals surface area contributed by atoms with Crippen LogP contribution in [0, 0.1) is 0 Å². The molecule has 124 valence electrons. The predicted molar refractivity (Wildman–Crippen MR) is 91.2 cm³/mol. The number of hydrogen-bond acceptors (Lipinski definition) is 5. The summed E-state index contributed by atoms with van der Waals surface area (Å²) in [6, 6.07) is 5.99. The Labute approximate surface area is 140 Å². The van der Waals surface area contributed by atoms with Crippen molar-refractivity contribution >= 4 is 5.95 Å². The minimum Gasteiger partial charge on any atom is -0.381 e. The summed E-state index contributed by atoms with van der Waals surface area (Å²) in [6.45, 7) is 1.84. The highest BCUT2D eigenvalue weighted by Gasteiger charge is 2.21. The topological polar surface area (TPSA) is 71.9 Å². The van der Waals surface area contributed by atoms with Crippen LogP contribution >= 0.6 is 0 Å². The molecule has 1 aliphatic rings. The van der Waals surface area contributed by atoms with Gasteiger partial charge in [-0.25, -0.2) is 4.98 Å². The molecule has 0 spiro atoms. The Kier molecular flexibility index (Phi) is 4.00.